The van der Waals surface area contributed by atoms with Gasteiger partial charge in [-0.25, -0.2) is 9.97 Å². The lowest BCUT2D eigenvalue weighted by atomic mass is 10.1. The van der Waals surface area contributed by atoms with Crippen LogP contribution < -0.4 is 5.73 Å². The van der Waals surface area contributed by atoms with Gasteiger partial charge in [-0.2, -0.15) is 0 Å². The van der Waals surface area contributed by atoms with E-state index in [1.54, 1.807) is 18.9 Å². The molecule has 2 N–H and O–H groups in total. The van der Waals surface area contributed by atoms with Gasteiger partial charge in [-0.1, -0.05) is 12.8 Å². The molecule has 0 aromatic carbocycles. The van der Waals surface area contributed by atoms with E-state index in [4.69, 9.17) is 5.73 Å². The summed E-state index contributed by atoms with van der Waals surface area (Å²) in [4.78, 5) is 36.5. The van der Waals surface area contributed by atoms with Crippen LogP contribution >= 0.6 is 0 Å². The Morgan fingerprint density at radius 3 is 2.79 bits per heavy atom. The van der Waals surface area contributed by atoms with Gasteiger partial charge in [0.05, 0.1) is 11.3 Å². The third-order valence-corrected chi connectivity index (χ3v) is 5.11. The van der Waals surface area contributed by atoms with Gasteiger partial charge in [-0.15, -0.1) is 0 Å². The van der Waals surface area contributed by atoms with Crippen molar-refractivity contribution in [3.05, 3.63) is 17.5 Å². The van der Waals surface area contributed by atoms with Crippen LogP contribution in [0.2, 0.25) is 0 Å². The molecule has 2 amide bonds. The molecule has 1 aromatic heterocycles. The van der Waals surface area contributed by atoms with Crippen molar-refractivity contribution in [2.45, 2.75) is 45.1 Å². The third kappa shape index (κ3) is 3.34. The Morgan fingerprint density at radius 1 is 1.42 bits per heavy atom. The van der Waals surface area contributed by atoms with Crippen LogP contribution in [0.4, 0.5) is 5.95 Å². The number of nitrogens with zero attached hydrogens (tertiary/aromatic N) is 4. The third-order valence-electron chi connectivity index (χ3n) is 5.11. The van der Waals surface area contributed by atoms with Crippen LogP contribution in [0.15, 0.2) is 6.20 Å². The fraction of sp³-hybridized carbons (Fsp3) is 0.647. The molecular formula is C17H25N5O2. The highest BCUT2D eigenvalue weighted by Gasteiger charge is 2.36. The van der Waals surface area contributed by atoms with Crippen molar-refractivity contribution in [3.63, 3.8) is 0 Å². The second-order valence-corrected chi connectivity index (χ2v) is 6.97. The molecule has 3 rings (SSSR count). The van der Waals surface area contributed by atoms with Gasteiger partial charge in [0.1, 0.15) is 0 Å². The van der Waals surface area contributed by atoms with Gasteiger partial charge >= 0.3 is 0 Å². The summed E-state index contributed by atoms with van der Waals surface area (Å²) in [6, 6.07) is 0.413. The summed E-state index contributed by atoms with van der Waals surface area (Å²) in [5, 5.41) is 0. The molecule has 130 valence electrons. The van der Waals surface area contributed by atoms with E-state index in [1.165, 1.54) is 19.0 Å². The number of amides is 2. The zero-order chi connectivity index (χ0) is 17.3. The van der Waals surface area contributed by atoms with E-state index >= 15 is 0 Å². The predicted octanol–water partition coefficient (Wildman–Crippen LogP) is 1.23. The summed E-state index contributed by atoms with van der Waals surface area (Å²) in [5.41, 5.74) is 6.58. The molecule has 1 saturated carbocycles. The number of rotatable bonds is 4. The Morgan fingerprint density at radius 2 is 2.12 bits per heavy atom. The smallest absolute Gasteiger partial charge is 0.257 e. The maximum Gasteiger partial charge on any atom is 0.257 e. The van der Waals surface area contributed by atoms with Crippen molar-refractivity contribution >= 4 is 17.8 Å². The lowest BCUT2D eigenvalue weighted by Crippen LogP contribution is -2.36. The van der Waals surface area contributed by atoms with Crippen molar-refractivity contribution in [2.75, 3.05) is 25.9 Å². The zero-order valence-corrected chi connectivity index (χ0v) is 14.4. The number of hydrogen-bond donors (Lipinski definition) is 1. The number of aryl methyl sites for hydroxylation is 1. The first-order valence-electron chi connectivity index (χ1n) is 8.59. The summed E-state index contributed by atoms with van der Waals surface area (Å²) in [5.74, 6) is 0.473. The minimum absolute atomic E-state index is 0.126. The van der Waals surface area contributed by atoms with Crippen LogP contribution in [0.1, 0.15) is 48.2 Å². The molecule has 7 heteroatoms. The first kappa shape index (κ1) is 16.7. The predicted molar refractivity (Wildman–Crippen MR) is 90.2 cm³/mol. The molecular weight excluding hydrogens is 306 g/mol. The maximum atomic E-state index is 12.6. The molecule has 1 saturated heterocycles. The van der Waals surface area contributed by atoms with Crippen LogP contribution in [0, 0.1) is 12.8 Å². The van der Waals surface area contributed by atoms with Gasteiger partial charge in [0.2, 0.25) is 11.9 Å². The minimum Gasteiger partial charge on any atom is -0.368 e. The Bertz CT molecular complexity index is 642. The molecule has 1 aromatic rings. The molecule has 0 radical (unpaired) electrons. The normalized spacial score (nSPS) is 21.5. The van der Waals surface area contributed by atoms with Crippen molar-refractivity contribution in [3.8, 4) is 0 Å². The Labute approximate surface area is 142 Å². The largest absolute Gasteiger partial charge is 0.368 e. The highest BCUT2D eigenvalue weighted by atomic mass is 16.2. The van der Waals surface area contributed by atoms with Crippen molar-refractivity contribution < 1.29 is 9.59 Å². The van der Waals surface area contributed by atoms with Gasteiger partial charge < -0.3 is 15.5 Å². The average molecular weight is 331 g/mol. The van der Waals surface area contributed by atoms with Crippen LogP contribution in [-0.4, -0.2) is 57.8 Å². The van der Waals surface area contributed by atoms with Crippen LogP contribution in [0.5, 0.6) is 0 Å². The molecule has 1 aliphatic carbocycles. The second-order valence-electron chi connectivity index (χ2n) is 6.97. The molecule has 2 heterocycles. The number of aromatic nitrogens is 2. The summed E-state index contributed by atoms with van der Waals surface area (Å²) in [6.45, 7) is 3.08. The molecule has 1 atom stereocenters. The quantitative estimate of drug-likeness (QED) is 0.896. The lowest BCUT2D eigenvalue weighted by molar-refractivity contribution is -0.129. The summed E-state index contributed by atoms with van der Waals surface area (Å²) in [7, 11) is 1.76. The molecule has 2 aliphatic rings. The monoisotopic (exact) mass is 331 g/mol. The van der Waals surface area contributed by atoms with E-state index in [9.17, 15) is 9.59 Å². The van der Waals surface area contributed by atoms with E-state index in [0.29, 0.717) is 30.3 Å². The van der Waals surface area contributed by atoms with E-state index in [2.05, 4.69) is 9.97 Å². The first-order valence-corrected chi connectivity index (χ1v) is 8.59. The number of nitrogens with two attached hydrogens (primary N) is 1. The minimum atomic E-state index is -0.126. The molecule has 1 aliphatic heterocycles. The second kappa shape index (κ2) is 6.75. The summed E-state index contributed by atoms with van der Waals surface area (Å²) >= 11 is 0. The summed E-state index contributed by atoms with van der Waals surface area (Å²) < 4.78 is 0. The van der Waals surface area contributed by atoms with E-state index in [-0.39, 0.29) is 23.7 Å². The first-order chi connectivity index (χ1) is 11.5. The van der Waals surface area contributed by atoms with Crippen molar-refractivity contribution in [1.29, 1.82) is 0 Å². The van der Waals surface area contributed by atoms with E-state index in [1.807, 2.05) is 4.90 Å². The van der Waals surface area contributed by atoms with Gasteiger partial charge in [-0.3, -0.25) is 9.59 Å². The standard InChI is InChI=1S/C17H25N5O2/c1-11-14(8-19-17(18)20-11)16(24)21(2)9-12-7-15(23)22(10-12)13-5-3-4-6-13/h8,12-13H,3-7,9-10H2,1-2H3,(H2,18,19,20). The molecule has 1 unspecified atom stereocenters. The Hall–Kier alpha value is -2.18. The number of likely N-dealkylation sites (tertiary alicyclic amines) is 1. The lowest BCUT2D eigenvalue weighted by Gasteiger charge is -2.25. The fourth-order valence-corrected chi connectivity index (χ4v) is 3.87. The highest BCUT2D eigenvalue weighted by Crippen LogP contribution is 2.29. The van der Waals surface area contributed by atoms with Crippen LogP contribution in [0.25, 0.3) is 0 Å². The molecule has 2 fully saturated rings. The van der Waals surface area contributed by atoms with Crippen LogP contribution in [-0.2, 0) is 4.79 Å². The van der Waals surface area contributed by atoms with E-state index < -0.39 is 0 Å². The molecule has 0 spiro atoms. The van der Waals surface area contributed by atoms with Gasteiger partial charge in [-0.05, 0) is 19.8 Å². The Kier molecular flexibility index (Phi) is 4.69. The van der Waals surface area contributed by atoms with Crippen LogP contribution in [0.3, 0.4) is 0 Å². The molecule has 0 bridgehead atoms. The fourth-order valence-electron chi connectivity index (χ4n) is 3.87. The topological polar surface area (TPSA) is 92.4 Å². The van der Waals surface area contributed by atoms with Gasteiger partial charge in [0.25, 0.3) is 5.91 Å². The number of nitrogen functional groups attached to an aromatic ring is 1. The Balaban J connectivity index is 1.61. The number of hydrogen-bond acceptors (Lipinski definition) is 5. The summed E-state index contributed by atoms with van der Waals surface area (Å²) in [6.07, 6.45) is 6.68. The average Bonchev–Trinajstić information content (AvgIpc) is 3.16. The molecule has 24 heavy (non-hydrogen) atoms. The van der Waals surface area contributed by atoms with Crippen molar-refractivity contribution in [1.82, 2.24) is 19.8 Å². The zero-order valence-electron chi connectivity index (χ0n) is 14.4. The number of carbonyl (C=O) groups excluding carboxylic acids is 2. The molecule has 7 nitrogen and oxygen atoms in total. The highest BCUT2D eigenvalue weighted by molar-refractivity contribution is 5.94. The van der Waals surface area contributed by atoms with E-state index in [0.717, 1.165) is 19.4 Å². The number of carbonyl (C=O) groups is 2. The SMILES string of the molecule is Cc1nc(N)ncc1C(=O)N(C)CC1CC(=O)N(C2CCCC2)C1. The van der Waals surface area contributed by atoms with Gasteiger partial charge in [0.15, 0.2) is 0 Å². The van der Waals surface area contributed by atoms with Gasteiger partial charge in [0, 0.05) is 44.7 Å². The maximum absolute atomic E-state index is 12.6. The van der Waals surface area contributed by atoms with Crippen molar-refractivity contribution in [2.24, 2.45) is 5.92 Å². The number of anilines is 1.